The summed E-state index contributed by atoms with van der Waals surface area (Å²) in [6.45, 7) is 6.40. The Balaban J connectivity index is 1.81. The highest BCUT2D eigenvalue weighted by atomic mass is 32.2. The lowest BCUT2D eigenvalue weighted by molar-refractivity contribution is 0.0531. The molecule has 0 amide bonds. The van der Waals surface area contributed by atoms with Crippen LogP contribution >= 0.6 is 34.4 Å². The van der Waals surface area contributed by atoms with Crippen LogP contribution in [0.25, 0.3) is 10.2 Å². The van der Waals surface area contributed by atoms with Gasteiger partial charge < -0.3 is 4.74 Å². The van der Waals surface area contributed by atoms with E-state index < -0.39 is 5.97 Å². The lowest BCUT2D eigenvalue weighted by Crippen LogP contribution is -2.23. The fourth-order valence-electron chi connectivity index (χ4n) is 3.31. The summed E-state index contributed by atoms with van der Waals surface area (Å²) in [6, 6.07) is 12.2. The van der Waals surface area contributed by atoms with E-state index in [0.717, 1.165) is 4.88 Å². The van der Waals surface area contributed by atoms with E-state index in [4.69, 9.17) is 9.72 Å². The third-order valence-corrected chi connectivity index (χ3v) is 8.04. The van der Waals surface area contributed by atoms with E-state index in [0.29, 0.717) is 44.7 Å². The largest absolute Gasteiger partial charge is 0.462 e. The highest BCUT2D eigenvalue weighted by Crippen LogP contribution is 2.31. The Morgan fingerprint density at radius 1 is 1.19 bits per heavy atom. The number of rotatable bonds is 7. The van der Waals surface area contributed by atoms with Gasteiger partial charge >= 0.3 is 5.97 Å². The van der Waals surface area contributed by atoms with Crippen LogP contribution < -0.4 is 5.56 Å². The van der Waals surface area contributed by atoms with Gasteiger partial charge in [-0.1, -0.05) is 42.1 Å². The third kappa shape index (κ3) is 4.46. The molecule has 0 unspecified atom stereocenters. The van der Waals surface area contributed by atoms with Gasteiger partial charge in [0.1, 0.15) is 9.71 Å². The van der Waals surface area contributed by atoms with Crippen molar-refractivity contribution in [2.45, 2.75) is 38.2 Å². The van der Waals surface area contributed by atoms with E-state index in [9.17, 15) is 9.59 Å². The quantitative estimate of drug-likeness (QED) is 0.198. The molecule has 4 rings (SSSR count). The summed E-state index contributed by atoms with van der Waals surface area (Å²) in [5, 5.41) is 3.16. The number of carbonyl (C=O) groups is 1. The van der Waals surface area contributed by atoms with Gasteiger partial charge in [0.2, 0.25) is 0 Å². The smallest absolute Gasteiger partial charge is 0.348 e. The molecule has 8 heteroatoms. The first-order valence-corrected chi connectivity index (χ1v) is 12.6. The highest BCUT2D eigenvalue weighted by Gasteiger charge is 2.22. The molecule has 3 aromatic heterocycles. The summed E-state index contributed by atoms with van der Waals surface area (Å²) in [6.07, 6.45) is 0. The second-order valence-electron chi connectivity index (χ2n) is 7.04. The number of esters is 1. The molecule has 0 atom stereocenters. The zero-order valence-electron chi connectivity index (χ0n) is 17.5. The molecule has 5 nitrogen and oxygen atoms in total. The summed E-state index contributed by atoms with van der Waals surface area (Å²) in [7, 11) is 0. The lowest BCUT2D eigenvalue weighted by atomic mass is 10.1. The average molecular weight is 471 g/mol. The molecule has 31 heavy (non-hydrogen) atoms. The SMILES string of the molecule is CCOC(=O)c1sc2nc(SCc3ccccc3C)n(Cc3cccs3)c(=O)c2c1C. The third-order valence-electron chi connectivity index (χ3n) is 4.99. The number of carbonyl (C=O) groups excluding carboxylic acids is 1. The average Bonchev–Trinajstić information content (AvgIpc) is 3.38. The van der Waals surface area contributed by atoms with Crippen LogP contribution in [0.3, 0.4) is 0 Å². The Kier molecular flexibility index (Phi) is 6.60. The van der Waals surface area contributed by atoms with Crippen molar-refractivity contribution in [1.29, 1.82) is 0 Å². The second kappa shape index (κ2) is 9.38. The van der Waals surface area contributed by atoms with Gasteiger partial charge in [0.15, 0.2) is 5.16 Å². The van der Waals surface area contributed by atoms with Crippen molar-refractivity contribution in [3.8, 4) is 0 Å². The fraction of sp³-hybridized carbons (Fsp3) is 0.261. The molecule has 0 saturated carbocycles. The first-order valence-electron chi connectivity index (χ1n) is 9.90. The maximum atomic E-state index is 13.5. The summed E-state index contributed by atoms with van der Waals surface area (Å²) in [4.78, 5) is 32.8. The normalized spacial score (nSPS) is 11.2. The van der Waals surface area contributed by atoms with Crippen LogP contribution in [0.15, 0.2) is 51.7 Å². The van der Waals surface area contributed by atoms with E-state index in [-0.39, 0.29) is 5.56 Å². The van der Waals surface area contributed by atoms with Crippen molar-refractivity contribution in [2.24, 2.45) is 0 Å². The van der Waals surface area contributed by atoms with Crippen molar-refractivity contribution in [2.75, 3.05) is 6.61 Å². The van der Waals surface area contributed by atoms with Gasteiger partial charge in [-0.15, -0.1) is 22.7 Å². The number of ether oxygens (including phenoxy) is 1. The first-order chi connectivity index (χ1) is 15.0. The van der Waals surface area contributed by atoms with Gasteiger partial charge in [-0.3, -0.25) is 9.36 Å². The molecule has 160 valence electrons. The number of hydrogen-bond acceptors (Lipinski definition) is 7. The number of thioether (sulfide) groups is 1. The number of hydrogen-bond donors (Lipinski definition) is 0. The predicted octanol–water partition coefficient (Wildman–Crippen LogP) is 5.65. The Morgan fingerprint density at radius 3 is 2.71 bits per heavy atom. The summed E-state index contributed by atoms with van der Waals surface area (Å²) < 4.78 is 6.90. The molecular formula is C23H22N2O3S3. The molecule has 1 aromatic carbocycles. The number of nitrogens with zero attached hydrogens (tertiary/aromatic N) is 2. The number of aryl methyl sites for hydroxylation is 2. The van der Waals surface area contributed by atoms with Crippen LogP contribution in [0.4, 0.5) is 0 Å². The monoisotopic (exact) mass is 470 g/mol. The molecule has 0 aliphatic heterocycles. The molecule has 4 aromatic rings. The predicted molar refractivity (Wildman–Crippen MR) is 129 cm³/mol. The number of aromatic nitrogens is 2. The Morgan fingerprint density at radius 2 is 2.00 bits per heavy atom. The molecule has 0 aliphatic rings. The Bertz CT molecular complexity index is 1290. The zero-order chi connectivity index (χ0) is 22.0. The molecule has 0 saturated heterocycles. The van der Waals surface area contributed by atoms with Crippen molar-refractivity contribution in [1.82, 2.24) is 9.55 Å². The number of benzene rings is 1. The summed E-state index contributed by atoms with van der Waals surface area (Å²) >= 11 is 4.39. The van der Waals surface area contributed by atoms with Crippen molar-refractivity contribution in [3.05, 3.63) is 78.6 Å². The fourth-order valence-corrected chi connectivity index (χ4v) is 6.20. The molecule has 0 aliphatic carbocycles. The van der Waals surface area contributed by atoms with Gasteiger partial charge in [-0.25, -0.2) is 9.78 Å². The molecule has 3 heterocycles. The van der Waals surface area contributed by atoms with E-state index in [2.05, 4.69) is 19.1 Å². The Hall–Kier alpha value is -2.42. The number of thiophene rings is 2. The molecular weight excluding hydrogens is 448 g/mol. The molecule has 0 fully saturated rings. The standard InChI is InChI=1S/C23H22N2O3S3/c1-4-28-22(27)19-15(3)18-20(31-19)24-23(30-13-16-9-6-5-8-14(16)2)25(21(18)26)12-17-10-7-11-29-17/h5-11H,4,12-13H2,1-3H3. The van der Waals surface area contributed by atoms with E-state index in [1.165, 1.54) is 22.5 Å². The minimum Gasteiger partial charge on any atom is -0.462 e. The molecule has 0 N–H and O–H groups in total. The minimum atomic E-state index is -0.402. The van der Waals surface area contributed by atoms with Crippen LogP contribution in [0.1, 0.15) is 38.2 Å². The summed E-state index contributed by atoms with van der Waals surface area (Å²) in [5.41, 5.74) is 2.94. The summed E-state index contributed by atoms with van der Waals surface area (Å²) in [5.74, 6) is 0.311. The highest BCUT2D eigenvalue weighted by molar-refractivity contribution is 7.98. The molecule has 0 spiro atoms. The van der Waals surface area contributed by atoms with Crippen LogP contribution in [0, 0.1) is 13.8 Å². The van der Waals surface area contributed by atoms with E-state index in [1.54, 1.807) is 41.5 Å². The van der Waals surface area contributed by atoms with Gasteiger partial charge in [-0.05, 0) is 48.9 Å². The van der Waals surface area contributed by atoms with Gasteiger partial charge in [0.25, 0.3) is 5.56 Å². The lowest BCUT2D eigenvalue weighted by Gasteiger charge is -2.12. The zero-order valence-corrected chi connectivity index (χ0v) is 20.0. The molecule has 0 radical (unpaired) electrons. The maximum absolute atomic E-state index is 13.5. The number of fused-ring (bicyclic) bond motifs is 1. The van der Waals surface area contributed by atoms with Crippen LogP contribution in [0.5, 0.6) is 0 Å². The molecule has 0 bridgehead atoms. The topological polar surface area (TPSA) is 61.2 Å². The van der Waals surface area contributed by atoms with Crippen molar-refractivity contribution >= 4 is 50.6 Å². The van der Waals surface area contributed by atoms with Crippen LogP contribution in [0.2, 0.25) is 0 Å². The van der Waals surface area contributed by atoms with Crippen molar-refractivity contribution < 1.29 is 9.53 Å². The van der Waals surface area contributed by atoms with Gasteiger partial charge in [-0.2, -0.15) is 0 Å². The maximum Gasteiger partial charge on any atom is 0.348 e. The minimum absolute atomic E-state index is 0.116. The van der Waals surface area contributed by atoms with Crippen LogP contribution in [-0.4, -0.2) is 22.1 Å². The van der Waals surface area contributed by atoms with E-state index in [1.807, 2.05) is 29.6 Å². The van der Waals surface area contributed by atoms with Gasteiger partial charge in [0, 0.05) is 10.6 Å². The van der Waals surface area contributed by atoms with Crippen LogP contribution in [-0.2, 0) is 17.0 Å². The second-order valence-corrected chi connectivity index (χ2v) is 10.0. The first kappa shape index (κ1) is 21.8. The van der Waals surface area contributed by atoms with Gasteiger partial charge in [0.05, 0.1) is 18.5 Å². The Labute approximate surface area is 192 Å². The van der Waals surface area contributed by atoms with E-state index >= 15 is 0 Å². The van der Waals surface area contributed by atoms with Crippen molar-refractivity contribution in [3.63, 3.8) is 0 Å².